The van der Waals surface area contributed by atoms with E-state index >= 15 is 0 Å². The van der Waals surface area contributed by atoms with Gasteiger partial charge in [-0.2, -0.15) is 0 Å². The molecular weight excluding hydrogens is 645 g/mol. The summed E-state index contributed by atoms with van der Waals surface area (Å²) < 4.78 is 3.53. The molecule has 0 N–H and O–H groups in total. The lowest BCUT2D eigenvalue weighted by Gasteiger charge is -2.13. The molecule has 9 aromatic rings. The molecule has 0 spiro atoms. The highest BCUT2D eigenvalue weighted by atomic mass is 16.1. The van der Waals surface area contributed by atoms with E-state index in [-0.39, 0.29) is 11.1 Å². The first-order valence-electron chi connectivity index (χ1n) is 17.0. The van der Waals surface area contributed by atoms with Crippen molar-refractivity contribution in [1.29, 1.82) is 0 Å². The molecule has 52 heavy (non-hydrogen) atoms. The molecule has 8 nitrogen and oxygen atoms in total. The zero-order chi connectivity index (χ0) is 35.0. The van der Waals surface area contributed by atoms with Gasteiger partial charge >= 0.3 is 0 Å². The van der Waals surface area contributed by atoms with Gasteiger partial charge in [0, 0.05) is 35.1 Å². The van der Waals surface area contributed by atoms with E-state index in [9.17, 15) is 9.59 Å². The third kappa shape index (κ3) is 5.82. The summed E-state index contributed by atoms with van der Waals surface area (Å²) in [6, 6.07) is 42.4. The third-order valence-electron chi connectivity index (χ3n) is 9.50. The van der Waals surface area contributed by atoms with Gasteiger partial charge in [-0.05, 0) is 88.0 Å². The Labute approximate surface area is 298 Å². The lowest BCUT2D eigenvalue weighted by molar-refractivity contribution is 0.787. The van der Waals surface area contributed by atoms with Crippen molar-refractivity contribution in [3.05, 3.63) is 190 Å². The average molecular weight is 675 g/mol. The molecule has 0 bridgehead atoms. The number of pyridine rings is 2. The summed E-state index contributed by atoms with van der Waals surface area (Å²) in [5, 5.41) is 1.00. The van der Waals surface area contributed by atoms with Crippen LogP contribution in [0.1, 0.15) is 11.1 Å². The standard InChI is InChI=1S/C44H30N6O2/c51-42-25-46-38-12-1-2-13-40(38)49(42)27-30-7-4-9-33(21-30)36-22-35-10-5-11-37(44(35)48-24-36)34-14-15-41-39(23-34)47-26-43(52)50(41)28-29-6-3-8-32(20-29)31-16-18-45-19-17-31/h1-26H,27-28H2. The van der Waals surface area contributed by atoms with Crippen molar-refractivity contribution in [3.63, 3.8) is 0 Å². The Kier molecular flexibility index (Phi) is 7.74. The smallest absolute Gasteiger partial charge is 0.269 e. The van der Waals surface area contributed by atoms with Crippen molar-refractivity contribution in [2.75, 3.05) is 0 Å². The van der Waals surface area contributed by atoms with Crippen molar-refractivity contribution in [2.45, 2.75) is 13.1 Å². The number of para-hydroxylation sites is 3. The summed E-state index contributed by atoms with van der Waals surface area (Å²) in [6.45, 7) is 0.856. The number of rotatable bonds is 7. The first-order valence-corrected chi connectivity index (χ1v) is 17.0. The van der Waals surface area contributed by atoms with Gasteiger partial charge in [-0.15, -0.1) is 0 Å². The van der Waals surface area contributed by atoms with Crippen molar-refractivity contribution < 1.29 is 0 Å². The van der Waals surface area contributed by atoms with Crippen LogP contribution in [0.25, 0.3) is 66.4 Å². The van der Waals surface area contributed by atoms with Crippen LogP contribution in [0.4, 0.5) is 0 Å². The molecule has 248 valence electrons. The van der Waals surface area contributed by atoms with E-state index in [1.165, 1.54) is 12.4 Å². The van der Waals surface area contributed by atoms with Crippen LogP contribution in [0.5, 0.6) is 0 Å². The first kappa shape index (κ1) is 31.0. The van der Waals surface area contributed by atoms with Gasteiger partial charge in [-0.3, -0.25) is 19.6 Å². The zero-order valence-corrected chi connectivity index (χ0v) is 27.9. The molecule has 5 aromatic carbocycles. The van der Waals surface area contributed by atoms with Crippen LogP contribution in [0.3, 0.4) is 0 Å². The van der Waals surface area contributed by atoms with Crippen LogP contribution in [-0.4, -0.2) is 29.1 Å². The molecule has 0 atom stereocenters. The van der Waals surface area contributed by atoms with Crippen LogP contribution >= 0.6 is 0 Å². The Morgan fingerprint density at radius 2 is 1.12 bits per heavy atom. The summed E-state index contributed by atoms with van der Waals surface area (Å²) >= 11 is 0. The molecule has 0 unspecified atom stereocenters. The molecular formula is C44H30N6O2. The number of benzene rings is 5. The van der Waals surface area contributed by atoms with E-state index in [4.69, 9.17) is 4.98 Å². The predicted molar refractivity (Wildman–Crippen MR) is 206 cm³/mol. The normalized spacial score (nSPS) is 11.4. The van der Waals surface area contributed by atoms with Gasteiger partial charge in [0.05, 0.1) is 53.1 Å². The van der Waals surface area contributed by atoms with Crippen molar-refractivity contribution in [3.8, 4) is 33.4 Å². The van der Waals surface area contributed by atoms with Gasteiger partial charge in [0.2, 0.25) is 0 Å². The molecule has 4 aromatic heterocycles. The van der Waals surface area contributed by atoms with E-state index in [2.05, 4.69) is 57.4 Å². The van der Waals surface area contributed by atoms with Gasteiger partial charge in [0.1, 0.15) is 0 Å². The fraction of sp³-hybridized carbons (Fsp3) is 0.0455. The van der Waals surface area contributed by atoms with Gasteiger partial charge in [0.15, 0.2) is 0 Å². The highest BCUT2D eigenvalue weighted by Crippen LogP contribution is 2.32. The third-order valence-corrected chi connectivity index (χ3v) is 9.50. The zero-order valence-electron chi connectivity index (χ0n) is 27.9. The van der Waals surface area contributed by atoms with E-state index in [1.807, 2.05) is 91.1 Å². The molecule has 0 radical (unpaired) electrons. The van der Waals surface area contributed by atoms with Gasteiger partial charge < -0.3 is 9.13 Å². The first-order chi connectivity index (χ1) is 25.6. The maximum Gasteiger partial charge on any atom is 0.269 e. The molecule has 0 aliphatic rings. The number of aromatic nitrogens is 6. The lowest BCUT2D eigenvalue weighted by Crippen LogP contribution is -2.21. The summed E-state index contributed by atoms with van der Waals surface area (Å²) in [6.07, 6.45) is 8.24. The van der Waals surface area contributed by atoms with Crippen molar-refractivity contribution in [1.82, 2.24) is 29.1 Å². The summed E-state index contributed by atoms with van der Waals surface area (Å²) in [5.41, 5.74) is 11.8. The van der Waals surface area contributed by atoms with Gasteiger partial charge in [-0.1, -0.05) is 72.8 Å². The summed E-state index contributed by atoms with van der Waals surface area (Å²) in [7, 11) is 0. The maximum absolute atomic E-state index is 13.1. The Hall–Kier alpha value is -7.06. The highest BCUT2D eigenvalue weighted by Gasteiger charge is 2.12. The minimum absolute atomic E-state index is 0.136. The molecule has 0 aliphatic carbocycles. The molecule has 9 rings (SSSR count). The van der Waals surface area contributed by atoms with Crippen LogP contribution in [-0.2, 0) is 13.1 Å². The molecule has 0 saturated heterocycles. The van der Waals surface area contributed by atoms with Crippen LogP contribution in [0, 0.1) is 0 Å². The number of nitrogens with zero attached hydrogens (tertiary/aromatic N) is 6. The Morgan fingerprint density at radius 1 is 0.462 bits per heavy atom. The van der Waals surface area contributed by atoms with E-state index in [1.54, 1.807) is 21.5 Å². The monoisotopic (exact) mass is 674 g/mol. The molecule has 0 aliphatic heterocycles. The predicted octanol–water partition coefficient (Wildman–Crippen LogP) is 8.15. The van der Waals surface area contributed by atoms with Gasteiger partial charge in [0.25, 0.3) is 11.1 Å². The highest BCUT2D eigenvalue weighted by molar-refractivity contribution is 5.97. The van der Waals surface area contributed by atoms with E-state index in [0.717, 1.165) is 77.5 Å². The molecule has 8 heteroatoms. The summed E-state index contributed by atoms with van der Waals surface area (Å²) in [5.74, 6) is 0. The van der Waals surface area contributed by atoms with E-state index < -0.39 is 0 Å². The Balaban J connectivity index is 1.03. The van der Waals surface area contributed by atoms with Crippen LogP contribution in [0.2, 0.25) is 0 Å². The number of hydrogen-bond acceptors (Lipinski definition) is 6. The minimum Gasteiger partial charge on any atom is -0.301 e. The Morgan fingerprint density at radius 3 is 1.87 bits per heavy atom. The molecule has 0 fully saturated rings. The van der Waals surface area contributed by atoms with Crippen molar-refractivity contribution in [2.24, 2.45) is 0 Å². The van der Waals surface area contributed by atoms with Crippen molar-refractivity contribution >= 4 is 33.0 Å². The quantitative estimate of drug-likeness (QED) is 0.169. The SMILES string of the molecule is O=c1cnc2ccccc2n1Cc1cccc(-c2cnc3c(-c4ccc5c(c4)ncc(=O)n5Cc4cccc(-c5ccncc5)c4)cccc3c2)c1. The lowest BCUT2D eigenvalue weighted by atomic mass is 9.98. The average Bonchev–Trinajstić information content (AvgIpc) is 3.20. The fourth-order valence-electron chi connectivity index (χ4n) is 6.94. The second-order valence-electron chi connectivity index (χ2n) is 12.8. The number of fused-ring (bicyclic) bond motifs is 3. The van der Waals surface area contributed by atoms with E-state index in [0.29, 0.717) is 13.1 Å². The second-order valence-corrected chi connectivity index (χ2v) is 12.8. The second kappa shape index (κ2) is 13.0. The van der Waals surface area contributed by atoms with Gasteiger partial charge in [-0.25, -0.2) is 9.97 Å². The largest absolute Gasteiger partial charge is 0.301 e. The number of hydrogen-bond donors (Lipinski definition) is 0. The van der Waals surface area contributed by atoms with Crippen LogP contribution < -0.4 is 11.1 Å². The van der Waals surface area contributed by atoms with Crippen LogP contribution in [0.15, 0.2) is 168 Å². The summed E-state index contributed by atoms with van der Waals surface area (Å²) in [4.78, 5) is 43.8. The molecule has 0 amide bonds. The molecule has 0 saturated carbocycles. The minimum atomic E-state index is -0.154. The fourth-order valence-corrected chi connectivity index (χ4v) is 6.94. The molecule has 4 heterocycles. The maximum atomic E-state index is 13.1. The topological polar surface area (TPSA) is 95.6 Å². The Bertz CT molecular complexity index is 2920.